The van der Waals surface area contributed by atoms with Crippen LogP contribution in [-0.2, 0) is 0 Å². The van der Waals surface area contributed by atoms with Crippen LogP contribution in [0.3, 0.4) is 0 Å². The number of nitrogens with zero attached hydrogens (tertiary/aromatic N) is 6. The van der Waals surface area contributed by atoms with Crippen LogP contribution in [0.4, 0.5) is 0 Å². The molecule has 0 amide bonds. The highest BCUT2D eigenvalue weighted by atomic mass is 32.1. The fourth-order valence-electron chi connectivity index (χ4n) is 11.6. The lowest BCUT2D eigenvalue weighted by Gasteiger charge is -2.18. The molecule has 0 aliphatic heterocycles. The van der Waals surface area contributed by atoms with Gasteiger partial charge in [0.25, 0.3) is 0 Å². The van der Waals surface area contributed by atoms with Gasteiger partial charge in [0.2, 0.25) is 5.95 Å². The number of rotatable bonds is 6. The Morgan fingerprint density at radius 1 is 0.338 bits per heavy atom. The zero-order valence-electron chi connectivity index (χ0n) is 39.4. The molecular formula is C66H38N6S2. The monoisotopic (exact) mass is 978 g/mol. The number of para-hydroxylation sites is 2. The van der Waals surface area contributed by atoms with Gasteiger partial charge in [0.05, 0.1) is 33.5 Å². The second kappa shape index (κ2) is 16.1. The molecule has 0 saturated heterocycles. The van der Waals surface area contributed by atoms with Gasteiger partial charge in [-0.3, -0.25) is 9.13 Å². The zero-order chi connectivity index (χ0) is 48.4. The quantitative estimate of drug-likeness (QED) is 0.167. The van der Waals surface area contributed by atoms with Gasteiger partial charge in [-0.25, -0.2) is 19.9 Å². The third kappa shape index (κ3) is 6.16. The van der Waals surface area contributed by atoms with E-state index in [1.807, 2.05) is 34.9 Å². The normalized spacial score (nSPS) is 12.1. The summed E-state index contributed by atoms with van der Waals surface area (Å²) in [5.41, 5.74) is 13.0. The second-order valence-electron chi connectivity index (χ2n) is 18.9. The number of hydrogen-bond donors (Lipinski definition) is 0. The fraction of sp³-hybridized carbons (Fsp3) is 0. The Balaban J connectivity index is 1.10. The van der Waals surface area contributed by atoms with Gasteiger partial charge < -0.3 is 0 Å². The second-order valence-corrected chi connectivity index (χ2v) is 21.1. The minimum atomic E-state index is 0.576. The Kier molecular flexibility index (Phi) is 8.98. The van der Waals surface area contributed by atoms with Crippen LogP contribution in [-0.4, -0.2) is 29.1 Å². The summed E-state index contributed by atoms with van der Waals surface area (Å²) in [6.45, 7) is 0. The van der Waals surface area contributed by atoms with E-state index >= 15 is 0 Å². The molecule has 0 aliphatic carbocycles. The summed E-state index contributed by atoms with van der Waals surface area (Å²) in [6, 6.07) is 80.8. The summed E-state index contributed by atoms with van der Waals surface area (Å²) in [5, 5.41) is 10.3. The molecule has 0 fully saturated rings. The van der Waals surface area contributed by atoms with Crippen molar-refractivity contribution in [1.82, 2.24) is 29.1 Å². The van der Waals surface area contributed by atoms with Gasteiger partial charge in [-0.1, -0.05) is 146 Å². The average Bonchev–Trinajstić information content (AvgIpc) is 4.34. The van der Waals surface area contributed by atoms with Crippen molar-refractivity contribution in [3.05, 3.63) is 231 Å². The molecule has 9 aromatic carbocycles. The molecule has 0 N–H and O–H groups in total. The molecule has 0 saturated carbocycles. The van der Waals surface area contributed by atoms with E-state index in [1.165, 1.54) is 40.3 Å². The molecule has 16 aromatic rings. The van der Waals surface area contributed by atoms with Crippen LogP contribution in [0.25, 0.3) is 152 Å². The Labute approximate surface area is 431 Å². The predicted molar refractivity (Wildman–Crippen MR) is 311 cm³/mol. The molecule has 74 heavy (non-hydrogen) atoms. The highest BCUT2D eigenvalue weighted by molar-refractivity contribution is 7.26. The smallest absolute Gasteiger partial charge is 0.235 e. The van der Waals surface area contributed by atoms with Crippen LogP contribution in [0.15, 0.2) is 231 Å². The van der Waals surface area contributed by atoms with Crippen molar-refractivity contribution in [2.45, 2.75) is 0 Å². The van der Waals surface area contributed by atoms with E-state index in [4.69, 9.17) is 19.9 Å². The Bertz CT molecular complexity index is 4840. The van der Waals surface area contributed by atoms with E-state index in [0.717, 1.165) is 99.6 Å². The van der Waals surface area contributed by atoms with Crippen molar-refractivity contribution >= 4 is 118 Å². The maximum Gasteiger partial charge on any atom is 0.235 e. The first-order chi connectivity index (χ1) is 36.7. The number of aromatic nitrogens is 6. The first-order valence-electron chi connectivity index (χ1n) is 24.8. The third-order valence-electron chi connectivity index (χ3n) is 14.8. The SMILES string of the molecule is c1ccc(-c2c(-c3ccccc3)c3c4ccccc4n(-c4nc(-c5ccc6sc7ccccc7c6c5)cc(-c5ccc6sc7ccccc7c6c5)n4)c3c3c2c2ccccc2n3-c2ccc3cccnc3n2)cc1. The first-order valence-corrected chi connectivity index (χ1v) is 26.4. The molecular weight excluding hydrogens is 941 g/mol. The van der Waals surface area contributed by atoms with Crippen molar-refractivity contribution < 1.29 is 0 Å². The molecule has 16 rings (SSSR count). The molecule has 7 aromatic heterocycles. The molecule has 8 heteroatoms. The van der Waals surface area contributed by atoms with Gasteiger partial charge in [0, 0.05) is 95.7 Å². The van der Waals surface area contributed by atoms with Crippen LogP contribution in [0.1, 0.15) is 0 Å². The van der Waals surface area contributed by atoms with E-state index in [-0.39, 0.29) is 0 Å². The Morgan fingerprint density at radius 3 is 1.41 bits per heavy atom. The van der Waals surface area contributed by atoms with Gasteiger partial charge in [0.15, 0.2) is 5.65 Å². The summed E-state index contributed by atoms with van der Waals surface area (Å²) in [6.07, 6.45) is 1.82. The standard InChI is InChI=1S/C66H38N6S2/c1-3-16-39(17-4-1)59-60(40-18-5-2-6-19-40)62-47-24-8-12-26-53(47)72(64(62)63-61(59)46-23-7-11-25-52(46)71(63)58-34-31-41-20-15-35-67-65(41)70-58)66-68-50(42-29-32-56-48(36-42)44-21-9-13-27-54(44)73-56)38-51(69-66)43-30-33-57-49(37-43)45-22-10-14-28-55(45)74-57/h1-38H. The highest BCUT2D eigenvalue weighted by Crippen LogP contribution is 2.52. The van der Waals surface area contributed by atoms with Gasteiger partial charge in [-0.2, -0.15) is 0 Å². The van der Waals surface area contributed by atoms with Crippen LogP contribution < -0.4 is 0 Å². The van der Waals surface area contributed by atoms with E-state index in [9.17, 15) is 0 Å². The molecule has 0 aliphatic rings. The van der Waals surface area contributed by atoms with E-state index in [0.29, 0.717) is 11.6 Å². The Hall–Kier alpha value is -9.34. The summed E-state index contributed by atoms with van der Waals surface area (Å²) < 4.78 is 9.73. The topological polar surface area (TPSA) is 61.4 Å². The van der Waals surface area contributed by atoms with E-state index < -0.39 is 0 Å². The van der Waals surface area contributed by atoms with Gasteiger partial charge in [0.1, 0.15) is 5.82 Å². The number of fused-ring (bicyclic) bond motifs is 14. The van der Waals surface area contributed by atoms with Crippen molar-refractivity contribution in [3.8, 4) is 56.5 Å². The van der Waals surface area contributed by atoms with Crippen LogP contribution >= 0.6 is 22.7 Å². The van der Waals surface area contributed by atoms with Crippen molar-refractivity contribution in [3.63, 3.8) is 0 Å². The van der Waals surface area contributed by atoms with Gasteiger partial charge in [-0.15, -0.1) is 22.7 Å². The molecule has 7 heterocycles. The maximum absolute atomic E-state index is 5.75. The summed E-state index contributed by atoms with van der Waals surface area (Å²) in [5.74, 6) is 1.35. The van der Waals surface area contributed by atoms with Crippen molar-refractivity contribution in [1.29, 1.82) is 0 Å². The van der Waals surface area contributed by atoms with Gasteiger partial charge in [-0.05, 0) is 90.0 Å². The fourth-order valence-corrected chi connectivity index (χ4v) is 13.8. The summed E-state index contributed by atoms with van der Waals surface area (Å²) >= 11 is 3.65. The number of thiophene rings is 2. The molecule has 0 radical (unpaired) electrons. The highest BCUT2D eigenvalue weighted by Gasteiger charge is 2.30. The summed E-state index contributed by atoms with van der Waals surface area (Å²) in [7, 11) is 0. The lowest BCUT2D eigenvalue weighted by molar-refractivity contribution is 0.993. The van der Waals surface area contributed by atoms with E-state index in [1.54, 1.807) is 0 Å². The van der Waals surface area contributed by atoms with E-state index in [2.05, 4.69) is 228 Å². The molecule has 0 spiro atoms. The van der Waals surface area contributed by atoms with Gasteiger partial charge >= 0.3 is 0 Å². The molecule has 0 unspecified atom stereocenters. The zero-order valence-corrected chi connectivity index (χ0v) is 41.1. The lowest BCUT2D eigenvalue weighted by atomic mass is 9.87. The molecule has 0 atom stereocenters. The number of benzene rings is 9. The van der Waals surface area contributed by atoms with Crippen LogP contribution in [0.2, 0.25) is 0 Å². The van der Waals surface area contributed by atoms with Crippen molar-refractivity contribution in [2.75, 3.05) is 0 Å². The molecule has 6 nitrogen and oxygen atoms in total. The largest absolute Gasteiger partial charge is 0.292 e. The molecule has 344 valence electrons. The molecule has 0 bridgehead atoms. The van der Waals surface area contributed by atoms with Crippen LogP contribution in [0, 0.1) is 0 Å². The average molecular weight is 979 g/mol. The third-order valence-corrected chi connectivity index (χ3v) is 17.1. The first kappa shape index (κ1) is 41.3. The van der Waals surface area contributed by atoms with Crippen molar-refractivity contribution in [2.24, 2.45) is 0 Å². The minimum absolute atomic E-state index is 0.576. The minimum Gasteiger partial charge on any atom is -0.292 e. The summed E-state index contributed by atoms with van der Waals surface area (Å²) in [4.78, 5) is 21.7. The number of hydrogen-bond acceptors (Lipinski definition) is 6. The van der Waals surface area contributed by atoms with Crippen LogP contribution in [0.5, 0.6) is 0 Å². The predicted octanol–water partition coefficient (Wildman–Crippen LogP) is 18.0. The number of pyridine rings is 2. The lowest BCUT2D eigenvalue weighted by Crippen LogP contribution is -2.06. The maximum atomic E-state index is 5.75. The Morgan fingerprint density at radius 2 is 0.824 bits per heavy atom.